The fourth-order valence-electron chi connectivity index (χ4n) is 3.04. The van der Waals surface area contributed by atoms with Crippen LogP contribution in [0.2, 0.25) is 0 Å². The van der Waals surface area contributed by atoms with Crippen LogP contribution in [-0.4, -0.2) is 27.5 Å². The summed E-state index contributed by atoms with van der Waals surface area (Å²) in [5.41, 5.74) is 0.588. The van der Waals surface area contributed by atoms with Crippen LogP contribution in [0.5, 0.6) is 0 Å². The van der Waals surface area contributed by atoms with Gasteiger partial charge in [0, 0.05) is 17.6 Å². The normalized spacial score (nSPS) is 21.9. The molecule has 7 heteroatoms. The third kappa shape index (κ3) is 2.11. The third-order valence-corrected chi connectivity index (χ3v) is 4.56. The Kier molecular flexibility index (Phi) is 3.11. The molecule has 2 aliphatic rings. The number of aromatic nitrogens is 2. The highest BCUT2D eigenvalue weighted by Crippen LogP contribution is 2.33. The van der Waals surface area contributed by atoms with E-state index in [-0.39, 0.29) is 11.8 Å². The second-order valence-electron chi connectivity index (χ2n) is 5.41. The van der Waals surface area contributed by atoms with Crippen LogP contribution in [0.25, 0.3) is 10.9 Å². The lowest BCUT2D eigenvalue weighted by Gasteiger charge is -2.31. The average Bonchev–Trinajstić information content (AvgIpc) is 2.92. The molecule has 0 saturated carbocycles. The molecule has 6 nitrogen and oxygen atoms in total. The smallest absolute Gasteiger partial charge is 0.271 e. The number of azo groups is 1. The molecule has 0 bridgehead atoms. The third-order valence-electron chi connectivity index (χ3n) is 4.06. The summed E-state index contributed by atoms with van der Waals surface area (Å²) in [6, 6.07) is 5.67. The number of benzene rings is 1. The van der Waals surface area contributed by atoms with Gasteiger partial charge in [0.25, 0.3) is 11.5 Å². The van der Waals surface area contributed by atoms with Gasteiger partial charge >= 0.3 is 0 Å². The molecule has 1 atom stereocenters. The molecule has 1 unspecified atom stereocenters. The van der Waals surface area contributed by atoms with Crippen molar-refractivity contribution in [2.24, 2.45) is 10.2 Å². The topological polar surface area (TPSA) is 62.9 Å². The van der Waals surface area contributed by atoms with Crippen molar-refractivity contribution in [2.75, 3.05) is 13.1 Å². The fraction of sp³-hybridized carbons (Fsp3) is 0.429. The highest BCUT2D eigenvalue weighted by molar-refractivity contribution is 9.10. The Labute approximate surface area is 129 Å². The monoisotopic (exact) mass is 347 g/mol. The van der Waals surface area contributed by atoms with Gasteiger partial charge in [0.1, 0.15) is 0 Å². The van der Waals surface area contributed by atoms with Gasteiger partial charge in [-0.15, -0.1) is 10.2 Å². The van der Waals surface area contributed by atoms with Crippen LogP contribution in [0.4, 0.5) is 5.95 Å². The predicted molar refractivity (Wildman–Crippen MR) is 82.7 cm³/mol. The van der Waals surface area contributed by atoms with Crippen LogP contribution in [0.15, 0.2) is 37.7 Å². The molecule has 1 fully saturated rings. The molecule has 3 heterocycles. The Morgan fingerprint density at radius 2 is 2.00 bits per heavy atom. The average molecular weight is 348 g/mol. The first-order valence-electron chi connectivity index (χ1n) is 7.11. The van der Waals surface area contributed by atoms with Gasteiger partial charge in [0.2, 0.25) is 6.29 Å². The van der Waals surface area contributed by atoms with Gasteiger partial charge in [-0.1, -0.05) is 22.4 Å². The van der Waals surface area contributed by atoms with Crippen LogP contribution in [-0.2, 0) is 0 Å². The predicted octanol–water partition coefficient (Wildman–Crippen LogP) is 3.20. The summed E-state index contributed by atoms with van der Waals surface area (Å²) in [4.78, 5) is 18.5. The highest BCUT2D eigenvalue weighted by atomic mass is 79.9. The molecule has 4 rings (SSSR count). The first kappa shape index (κ1) is 13.1. The van der Waals surface area contributed by atoms with Gasteiger partial charge in [-0.25, -0.2) is 0 Å². The Bertz CT molecular complexity index is 794. The minimum Gasteiger partial charge on any atom is -0.271 e. The van der Waals surface area contributed by atoms with E-state index in [9.17, 15) is 4.79 Å². The van der Waals surface area contributed by atoms with Crippen molar-refractivity contribution in [2.45, 2.75) is 25.6 Å². The summed E-state index contributed by atoms with van der Waals surface area (Å²) >= 11 is 3.41. The van der Waals surface area contributed by atoms with E-state index in [0.29, 0.717) is 11.3 Å². The summed E-state index contributed by atoms with van der Waals surface area (Å²) in [5.74, 6) is 0.408. The fourth-order valence-corrected chi connectivity index (χ4v) is 3.40. The minimum absolute atomic E-state index is 0.169. The Morgan fingerprint density at radius 1 is 1.19 bits per heavy atom. The van der Waals surface area contributed by atoms with Crippen LogP contribution in [0.1, 0.15) is 25.6 Å². The van der Waals surface area contributed by atoms with Crippen LogP contribution in [0, 0.1) is 0 Å². The van der Waals surface area contributed by atoms with Crippen LogP contribution >= 0.6 is 15.9 Å². The van der Waals surface area contributed by atoms with Crippen molar-refractivity contribution in [1.82, 2.24) is 14.5 Å². The van der Waals surface area contributed by atoms with Crippen molar-refractivity contribution >= 4 is 32.8 Å². The zero-order chi connectivity index (χ0) is 14.4. The van der Waals surface area contributed by atoms with Crippen molar-refractivity contribution < 1.29 is 0 Å². The van der Waals surface area contributed by atoms with Gasteiger partial charge in [0.05, 0.1) is 10.9 Å². The van der Waals surface area contributed by atoms with E-state index in [0.717, 1.165) is 23.1 Å². The Balaban J connectivity index is 1.90. The first-order valence-corrected chi connectivity index (χ1v) is 7.90. The zero-order valence-corrected chi connectivity index (χ0v) is 13.0. The van der Waals surface area contributed by atoms with Gasteiger partial charge in [-0.05, 0) is 31.0 Å². The van der Waals surface area contributed by atoms with E-state index >= 15 is 0 Å². The molecular formula is C14H14BrN5O. The van der Waals surface area contributed by atoms with Crippen LogP contribution < -0.4 is 5.56 Å². The molecule has 2 aliphatic heterocycles. The van der Waals surface area contributed by atoms with Crippen molar-refractivity contribution in [3.8, 4) is 0 Å². The second-order valence-corrected chi connectivity index (χ2v) is 6.32. The maximum atomic E-state index is 12.1. The number of likely N-dealkylation sites (tertiary alicyclic amines) is 1. The van der Waals surface area contributed by atoms with E-state index in [1.165, 1.54) is 19.3 Å². The molecule has 1 saturated heterocycles. The lowest BCUT2D eigenvalue weighted by Crippen LogP contribution is -2.35. The molecule has 2 aromatic rings. The Morgan fingerprint density at radius 3 is 2.81 bits per heavy atom. The largest absolute Gasteiger partial charge is 0.282 e. The molecule has 0 N–H and O–H groups in total. The second kappa shape index (κ2) is 4.99. The summed E-state index contributed by atoms with van der Waals surface area (Å²) < 4.78 is 2.84. The number of piperidine rings is 1. The summed E-state index contributed by atoms with van der Waals surface area (Å²) in [5, 5.41) is 9.05. The number of nitrogens with zero attached hydrogens (tertiary/aromatic N) is 5. The lowest BCUT2D eigenvalue weighted by atomic mass is 10.1. The molecule has 1 aromatic carbocycles. The summed E-state index contributed by atoms with van der Waals surface area (Å²) in [6.07, 6.45) is 3.46. The van der Waals surface area contributed by atoms with Gasteiger partial charge in [-0.3, -0.25) is 14.3 Å². The van der Waals surface area contributed by atoms with E-state index in [1.807, 2.05) is 22.8 Å². The zero-order valence-electron chi connectivity index (χ0n) is 11.4. The Hall–Kier alpha value is -1.60. The van der Waals surface area contributed by atoms with E-state index in [1.54, 1.807) is 0 Å². The SMILES string of the molecule is O=c1nc2n(c3ccc(Br)cc13)C(N1CCCCC1)N=N2. The lowest BCUT2D eigenvalue weighted by molar-refractivity contribution is 0.126. The molecule has 0 radical (unpaired) electrons. The number of rotatable bonds is 1. The maximum Gasteiger partial charge on any atom is 0.282 e. The summed E-state index contributed by atoms with van der Waals surface area (Å²) in [7, 11) is 0. The highest BCUT2D eigenvalue weighted by Gasteiger charge is 2.29. The number of hydrogen-bond acceptors (Lipinski definition) is 5. The molecule has 108 valence electrons. The number of halogens is 1. The quantitative estimate of drug-likeness (QED) is 0.795. The number of fused-ring (bicyclic) bond motifs is 3. The van der Waals surface area contributed by atoms with Crippen LogP contribution in [0.3, 0.4) is 0 Å². The first-order chi connectivity index (χ1) is 10.2. The minimum atomic E-state index is -0.254. The van der Waals surface area contributed by atoms with E-state index in [2.05, 4.69) is 36.0 Å². The molecule has 0 aliphatic carbocycles. The van der Waals surface area contributed by atoms with Gasteiger partial charge < -0.3 is 0 Å². The van der Waals surface area contributed by atoms with E-state index < -0.39 is 0 Å². The molecule has 0 amide bonds. The standard InChI is InChI=1S/C14H14BrN5O/c15-9-4-5-11-10(8-9)12(21)16-13-17-18-14(20(11)13)19-6-2-1-3-7-19/h4-5,8,14H,1-3,6-7H2. The van der Waals surface area contributed by atoms with Gasteiger partial charge in [-0.2, -0.15) is 4.98 Å². The number of hydrogen-bond donors (Lipinski definition) is 0. The van der Waals surface area contributed by atoms with Crippen molar-refractivity contribution in [1.29, 1.82) is 0 Å². The van der Waals surface area contributed by atoms with Gasteiger partial charge in [0.15, 0.2) is 0 Å². The maximum absolute atomic E-state index is 12.1. The van der Waals surface area contributed by atoms with Crippen molar-refractivity contribution in [3.05, 3.63) is 33.0 Å². The summed E-state index contributed by atoms with van der Waals surface area (Å²) in [6.45, 7) is 2.01. The molecule has 21 heavy (non-hydrogen) atoms. The molecular weight excluding hydrogens is 334 g/mol. The van der Waals surface area contributed by atoms with Crippen molar-refractivity contribution in [3.63, 3.8) is 0 Å². The molecule has 0 spiro atoms. The molecule has 1 aromatic heterocycles. The van der Waals surface area contributed by atoms with E-state index in [4.69, 9.17) is 0 Å².